The van der Waals surface area contributed by atoms with Crippen LogP contribution in [-0.4, -0.2) is 50.0 Å². The molecule has 0 atom stereocenters. The summed E-state index contributed by atoms with van der Waals surface area (Å²) in [5.74, 6) is 0.725. The summed E-state index contributed by atoms with van der Waals surface area (Å²) in [5.41, 5.74) is 3.29. The Bertz CT molecular complexity index is 1110. The number of benzene rings is 3. The Labute approximate surface area is 198 Å². The van der Waals surface area contributed by atoms with E-state index in [9.17, 15) is 9.59 Å². The van der Waals surface area contributed by atoms with Crippen molar-refractivity contribution in [1.82, 2.24) is 4.90 Å². The molecular formula is C26H26ClN3O3. The van der Waals surface area contributed by atoms with Gasteiger partial charge >= 0.3 is 0 Å². The average Bonchev–Trinajstić information content (AvgIpc) is 2.85. The quantitative estimate of drug-likeness (QED) is 0.585. The van der Waals surface area contributed by atoms with Crippen LogP contribution < -0.4 is 15.0 Å². The fourth-order valence-corrected chi connectivity index (χ4v) is 4.02. The maximum atomic E-state index is 12.7. The number of anilines is 2. The molecule has 0 unspecified atom stereocenters. The van der Waals surface area contributed by atoms with Crippen molar-refractivity contribution < 1.29 is 14.3 Å². The third-order valence-corrected chi connectivity index (χ3v) is 5.96. The van der Waals surface area contributed by atoms with Gasteiger partial charge in [0.2, 0.25) is 5.91 Å². The number of rotatable bonds is 6. The summed E-state index contributed by atoms with van der Waals surface area (Å²) < 4.78 is 5.17. The number of piperazine rings is 1. The Morgan fingerprint density at radius 2 is 1.64 bits per heavy atom. The van der Waals surface area contributed by atoms with Gasteiger partial charge in [-0.25, -0.2) is 0 Å². The maximum absolute atomic E-state index is 12.7. The molecule has 4 rings (SSSR count). The topological polar surface area (TPSA) is 61.9 Å². The van der Waals surface area contributed by atoms with Gasteiger partial charge in [0, 0.05) is 48.1 Å². The molecule has 6 nitrogen and oxygen atoms in total. The molecule has 1 saturated heterocycles. The molecule has 1 aliphatic heterocycles. The molecule has 0 saturated carbocycles. The van der Waals surface area contributed by atoms with Gasteiger partial charge in [-0.05, 0) is 60.2 Å². The number of hydrogen-bond acceptors (Lipinski definition) is 4. The average molecular weight is 464 g/mol. The third-order valence-electron chi connectivity index (χ3n) is 5.72. The number of nitrogens with one attached hydrogen (secondary N) is 1. The van der Waals surface area contributed by atoms with E-state index in [1.807, 2.05) is 53.4 Å². The van der Waals surface area contributed by atoms with Gasteiger partial charge in [0.05, 0.1) is 13.5 Å². The van der Waals surface area contributed by atoms with Crippen molar-refractivity contribution in [1.29, 1.82) is 0 Å². The molecule has 0 radical (unpaired) electrons. The Kier molecular flexibility index (Phi) is 7.15. The highest BCUT2D eigenvalue weighted by atomic mass is 35.5. The molecule has 0 aromatic heterocycles. The van der Waals surface area contributed by atoms with Crippen molar-refractivity contribution in [2.75, 3.05) is 43.5 Å². The zero-order valence-corrected chi connectivity index (χ0v) is 19.2. The van der Waals surface area contributed by atoms with Crippen molar-refractivity contribution in [2.24, 2.45) is 0 Å². The molecule has 2 amide bonds. The van der Waals surface area contributed by atoms with Crippen LogP contribution in [0.2, 0.25) is 5.02 Å². The zero-order valence-electron chi connectivity index (χ0n) is 18.5. The summed E-state index contributed by atoms with van der Waals surface area (Å²) in [7, 11) is 1.63. The van der Waals surface area contributed by atoms with Crippen LogP contribution in [0.15, 0.2) is 72.8 Å². The van der Waals surface area contributed by atoms with Crippen LogP contribution in [0.25, 0.3) is 0 Å². The monoisotopic (exact) mass is 463 g/mol. The van der Waals surface area contributed by atoms with Crippen molar-refractivity contribution in [3.8, 4) is 5.75 Å². The van der Waals surface area contributed by atoms with E-state index in [0.717, 1.165) is 35.8 Å². The first-order valence-corrected chi connectivity index (χ1v) is 11.2. The number of ether oxygens (including phenoxy) is 1. The Morgan fingerprint density at radius 1 is 0.939 bits per heavy atom. The third kappa shape index (κ3) is 5.84. The van der Waals surface area contributed by atoms with E-state index in [1.54, 1.807) is 31.4 Å². The molecule has 1 aliphatic rings. The second-order valence-corrected chi connectivity index (χ2v) is 8.34. The summed E-state index contributed by atoms with van der Waals surface area (Å²) in [6, 6.07) is 22.2. The van der Waals surface area contributed by atoms with Crippen LogP contribution >= 0.6 is 11.6 Å². The van der Waals surface area contributed by atoms with Crippen LogP contribution in [0.1, 0.15) is 15.9 Å². The number of amides is 2. The minimum Gasteiger partial charge on any atom is -0.497 e. The highest BCUT2D eigenvalue weighted by Crippen LogP contribution is 2.21. The van der Waals surface area contributed by atoms with E-state index >= 15 is 0 Å². The number of halogens is 1. The first-order chi connectivity index (χ1) is 16.0. The minimum atomic E-state index is -0.200. The fraction of sp³-hybridized carbons (Fsp3) is 0.231. The molecule has 1 N–H and O–H groups in total. The molecule has 0 spiro atoms. The molecule has 170 valence electrons. The van der Waals surface area contributed by atoms with Crippen LogP contribution in [0.3, 0.4) is 0 Å². The van der Waals surface area contributed by atoms with E-state index in [-0.39, 0.29) is 11.8 Å². The van der Waals surface area contributed by atoms with E-state index < -0.39 is 0 Å². The van der Waals surface area contributed by atoms with Crippen LogP contribution in [0.4, 0.5) is 11.4 Å². The normalized spacial score (nSPS) is 13.5. The van der Waals surface area contributed by atoms with Crippen molar-refractivity contribution >= 4 is 34.8 Å². The first kappa shape index (κ1) is 22.7. The van der Waals surface area contributed by atoms with Crippen molar-refractivity contribution in [2.45, 2.75) is 6.42 Å². The number of hydrogen-bond donors (Lipinski definition) is 1. The van der Waals surface area contributed by atoms with Gasteiger partial charge in [-0.3, -0.25) is 9.59 Å². The first-order valence-electron chi connectivity index (χ1n) is 10.8. The largest absolute Gasteiger partial charge is 0.497 e. The van der Waals surface area contributed by atoms with Gasteiger partial charge in [0.1, 0.15) is 5.75 Å². The molecule has 0 aliphatic carbocycles. The number of nitrogens with zero attached hydrogens (tertiary/aromatic N) is 2. The number of methoxy groups -OCH3 is 1. The summed E-state index contributed by atoms with van der Waals surface area (Å²) in [5, 5.41) is 3.42. The molecule has 0 bridgehead atoms. The second-order valence-electron chi connectivity index (χ2n) is 7.90. The zero-order chi connectivity index (χ0) is 23.2. The molecule has 7 heteroatoms. The highest BCUT2D eigenvalue weighted by Gasteiger charge is 2.21. The molecule has 33 heavy (non-hydrogen) atoms. The lowest BCUT2D eigenvalue weighted by atomic mass is 10.1. The molecular weight excluding hydrogens is 438 g/mol. The molecule has 3 aromatic rings. The van der Waals surface area contributed by atoms with Gasteiger partial charge in [-0.2, -0.15) is 0 Å². The standard InChI is InChI=1S/C26H26ClN3O3/c1-33-24-11-5-19(6-12-24)17-25(31)30-15-13-29(14-16-30)23-9-7-22(8-10-23)28-26(32)20-3-2-4-21(27)18-20/h2-12,18H,13-17H2,1H3,(H,28,32). The van der Waals surface area contributed by atoms with Crippen LogP contribution in [0.5, 0.6) is 5.75 Å². The fourth-order valence-electron chi connectivity index (χ4n) is 3.83. The van der Waals surface area contributed by atoms with Gasteiger partial charge in [-0.15, -0.1) is 0 Å². The summed E-state index contributed by atoms with van der Waals surface area (Å²) in [6.45, 7) is 2.90. The van der Waals surface area contributed by atoms with Crippen LogP contribution in [0, 0.1) is 0 Å². The van der Waals surface area contributed by atoms with E-state index in [1.165, 1.54) is 0 Å². The SMILES string of the molecule is COc1ccc(CC(=O)N2CCN(c3ccc(NC(=O)c4cccc(Cl)c4)cc3)CC2)cc1. The summed E-state index contributed by atoms with van der Waals surface area (Å²) in [4.78, 5) is 29.2. The molecule has 3 aromatic carbocycles. The van der Waals surface area contributed by atoms with Crippen LogP contribution in [-0.2, 0) is 11.2 Å². The number of carbonyl (C=O) groups is 2. The molecule has 1 fully saturated rings. The Hall–Kier alpha value is -3.51. The summed E-state index contributed by atoms with van der Waals surface area (Å²) >= 11 is 5.97. The number of carbonyl (C=O) groups excluding carboxylic acids is 2. The highest BCUT2D eigenvalue weighted by molar-refractivity contribution is 6.31. The minimum absolute atomic E-state index is 0.138. The van der Waals surface area contributed by atoms with E-state index in [0.29, 0.717) is 30.1 Å². The second kappa shape index (κ2) is 10.4. The Morgan fingerprint density at radius 3 is 2.27 bits per heavy atom. The lowest BCUT2D eigenvalue weighted by molar-refractivity contribution is -0.130. The van der Waals surface area contributed by atoms with E-state index in [2.05, 4.69) is 10.2 Å². The predicted octanol–water partition coefficient (Wildman–Crippen LogP) is 4.49. The summed E-state index contributed by atoms with van der Waals surface area (Å²) in [6.07, 6.45) is 0.394. The smallest absolute Gasteiger partial charge is 0.255 e. The maximum Gasteiger partial charge on any atom is 0.255 e. The van der Waals surface area contributed by atoms with Gasteiger partial charge in [0.25, 0.3) is 5.91 Å². The van der Waals surface area contributed by atoms with Gasteiger partial charge in [0.15, 0.2) is 0 Å². The van der Waals surface area contributed by atoms with E-state index in [4.69, 9.17) is 16.3 Å². The van der Waals surface area contributed by atoms with Gasteiger partial charge in [-0.1, -0.05) is 29.8 Å². The lowest BCUT2D eigenvalue weighted by Gasteiger charge is -2.36. The van der Waals surface area contributed by atoms with Crippen molar-refractivity contribution in [3.05, 3.63) is 88.9 Å². The lowest BCUT2D eigenvalue weighted by Crippen LogP contribution is -2.49. The molecule has 1 heterocycles. The van der Waals surface area contributed by atoms with Crippen molar-refractivity contribution in [3.63, 3.8) is 0 Å². The van der Waals surface area contributed by atoms with Gasteiger partial charge < -0.3 is 19.9 Å². The predicted molar refractivity (Wildman–Crippen MR) is 131 cm³/mol. The Balaban J connectivity index is 1.28.